The quantitative estimate of drug-likeness (QED) is 0.458. The molecule has 1 heterocycles. The minimum absolute atomic E-state index is 0.0891. The third-order valence-electron chi connectivity index (χ3n) is 4.29. The van der Waals surface area contributed by atoms with Crippen LogP contribution in [0.5, 0.6) is 0 Å². The van der Waals surface area contributed by atoms with Crippen LogP contribution in [0.4, 0.5) is 0 Å². The van der Waals surface area contributed by atoms with Gasteiger partial charge in [-0.2, -0.15) is 0 Å². The zero-order valence-electron chi connectivity index (χ0n) is 13.4. The van der Waals surface area contributed by atoms with Gasteiger partial charge in [0.15, 0.2) is 6.29 Å². The summed E-state index contributed by atoms with van der Waals surface area (Å²) in [6.07, 6.45) is 1.30. The average Bonchev–Trinajstić information content (AvgIpc) is 2.56. The Morgan fingerprint density at radius 2 is 2.14 bits per heavy atom. The third-order valence-corrected chi connectivity index (χ3v) is 4.29. The Hall–Kier alpha value is -1.59. The maximum atomic E-state index is 8.58. The van der Waals surface area contributed by atoms with E-state index in [0.717, 1.165) is 19.4 Å². The summed E-state index contributed by atoms with van der Waals surface area (Å²) in [5.41, 5.74) is 9.87. The van der Waals surface area contributed by atoms with Gasteiger partial charge in [-0.25, -0.2) is 0 Å². The Morgan fingerprint density at radius 1 is 1.41 bits per heavy atom. The molecule has 0 unspecified atom stereocenters. The van der Waals surface area contributed by atoms with E-state index < -0.39 is 6.29 Å². The summed E-state index contributed by atoms with van der Waals surface area (Å²) < 4.78 is 11.2. The zero-order chi connectivity index (χ0) is 15.9. The molecule has 0 N–H and O–H groups in total. The first kappa shape index (κ1) is 16.8. The fraction of sp³-hybridized carbons (Fsp3) is 0.625. The van der Waals surface area contributed by atoms with Crippen molar-refractivity contribution >= 4 is 0 Å². The van der Waals surface area contributed by atoms with Gasteiger partial charge in [0, 0.05) is 24.6 Å². The van der Waals surface area contributed by atoms with Crippen LogP contribution in [-0.2, 0) is 9.47 Å². The Balaban J connectivity index is 1.92. The van der Waals surface area contributed by atoms with Gasteiger partial charge in [-0.05, 0) is 37.9 Å². The molecule has 0 saturated carbocycles. The smallest absolute Gasteiger partial charge is 0.166 e. The molecule has 0 aliphatic carbocycles. The molecule has 6 nitrogen and oxygen atoms in total. The molecule has 1 fully saturated rings. The molecule has 0 radical (unpaired) electrons. The second-order valence-electron chi connectivity index (χ2n) is 5.74. The summed E-state index contributed by atoms with van der Waals surface area (Å²) in [6, 6.07) is 10.5. The van der Waals surface area contributed by atoms with E-state index in [4.69, 9.17) is 15.0 Å². The number of hydrogen-bond donors (Lipinski definition) is 0. The second-order valence-corrected chi connectivity index (χ2v) is 5.74. The number of methoxy groups -OCH3 is 1. The lowest BCUT2D eigenvalue weighted by atomic mass is 10.0. The molecule has 0 aromatic heterocycles. The summed E-state index contributed by atoms with van der Waals surface area (Å²) in [4.78, 5) is 5.14. The molecule has 1 aromatic rings. The SMILES string of the molecule is CO[C@@H]1O[C@@H](CN(C)[C@@H](C)c2ccccc2)CC[C@H]1N=[N+]=[N-]. The van der Waals surface area contributed by atoms with Crippen LogP contribution >= 0.6 is 0 Å². The Labute approximate surface area is 131 Å². The third kappa shape index (κ3) is 4.21. The van der Waals surface area contributed by atoms with Gasteiger partial charge in [0.25, 0.3) is 0 Å². The van der Waals surface area contributed by atoms with Gasteiger partial charge in [0.05, 0.1) is 12.1 Å². The normalized spacial score (nSPS) is 26.5. The second kappa shape index (κ2) is 8.15. The highest BCUT2D eigenvalue weighted by Gasteiger charge is 2.31. The minimum atomic E-state index is -0.449. The number of nitrogens with zero attached hydrogens (tertiary/aromatic N) is 4. The van der Waals surface area contributed by atoms with E-state index >= 15 is 0 Å². The van der Waals surface area contributed by atoms with Crippen LogP contribution in [0.25, 0.3) is 10.4 Å². The van der Waals surface area contributed by atoms with E-state index in [-0.39, 0.29) is 12.1 Å². The standard InChI is InChI=1S/C16H24N4O2/c1-12(13-7-5-4-6-8-13)20(2)11-14-9-10-15(18-19-17)16(21-3)22-14/h4-8,12,14-16H,9-11H2,1-3H3/t12-,14+,15+,16+/m0/s1. The van der Waals surface area contributed by atoms with Crippen molar-refractivity contribution in [3.05, 3.63) is 46.3 Å². The van der Waals surface area contributed by atoms with Crippen molar-refractivity contribution in [2.24, 2.45) is 5.11 Å². The summed E-state index contributed by atoms with van der Waals surface area (Å²) in [5.74, 6) is 0. The van der Waals surface area contributed by atoms with E-state index in [9.17, 15) is 0 Å². The number of likely N-dealkylation sites (N-methyl/N-ethyl adjacent to an activating group) is 1. The number of benzene rings is 1. The van der Waals surface area contributed by atoms with Crippen molar-refractivity contribution in [1.29, 1.82) is 0 Å². The average molecular weight is 304 g/mol. The van der Waals surface area contributed by atoms with Crippen LogP contribution < -0.4 is 0 Å². The summed E-state index contributed by atoms with van der Waals surface area (Å²) in [5, 5.41) is 3.75. The van der Waals surface area contributed by atoms with Gasteiger partial charge < -0.3 is 9.47 Å². The molecule has 4 atom stereocenters. The lowest BCUT2D eigenvalue weighted by Gasteiger charge is -2.36. The zero-order valence-corrected chi connectivity index (χ0v) is 13.4. The maximum absolute atomic E-state index is 8.58. The van der Waals surface area contributed by atoms with Crippen LogP contribution in [0.1, 0.15) is 31.4 Å². The summed E-state index contributed by atoms with van der Waals surface area (Å²) in [7, 11) is 3.69. The number of ether oxygens (including phenoxy) is 2. The fourth-order valence-corrected chi connectivity index (χ4v) is 2.83. The highest BCUT2D eigenvalue weighted by atomic mass is 16.7. The lowest BCUT2D eigenvalue weighted by Crippen LogP contribution is -2.43. The van der Waals surface area contributed by atoms with Crippen LogP contribution in [0, 0.1) is 0 Å². The lowest BCUT2D eigenvalue weighted by molar-refractivity contribution is -0.192. The predicted molar refractivity (Wildman–Crippen MR) is 85.3 cm³/mol. The molecule has 1 saturated heterocycles. The van der Waals surface area contributed by atoms with Crippen molar-refractivity contribution in [3.8, 4) is 0 Å². The van der Waals surface area contributed by atoms with Gasteiger partial charge in [0.1, 0.15) is 0 Å². The van der Waals surface area contributed by atoms with Crippen molar-refractivity contribution in [3.63, 3.8) is 0 Å². The Kier molecular flexibility index (Phi) is 6.21. The predicted octanol–water partition coefficient (Wildman–Crippen LogP) is 3.51. The molecule has 1 aliphatic heterocycles. The fourth-order valence-electron chi connectivity index (χ4n) is 2.83. The molecule has 6 heteroatoms. The minimum Gasteiger partial charge on any atom is -0.355 e. The van der Waals surface area contributed by atoms with Crippen LogP contribution in [-0.4, -0.2) is 44.0 Å². The van der Waals surface area contributed by atoms with Gasteiger partial charge in [0.2, 0.25) is 0 Å². The molecular formula is C16H24N4O2. The highest BCUT2D eigenvalue weighted by molar-refractivity contribution is 5.18. The molecule has 0 bridgehead atoms. The molecule has 120 valence electrons. The summed E-state index contributed by atoms with van der Waals surface area (Å²) >= 11 is 0. The number of hydrogen-bond acceptors (Lipinski definition) is 4. The molecular weight excluding hydrogens is 280 g/mol. The molecule has 0 spiro atoms. The maximum Gasteiger partial charge on any atom is 0.166 e. The van der Waals surface area contributed by atoms with E-state index in [1.807, 2.05) is 6.07 Å². The number of rotatable bonds is 6. The first-order valence-electron chi connectivity index (χ1n) is 7.63. The van der Waals surface area contributed by atoms with Crippen LogP contribution in [0.2, 0.25) is 0 Å². The van der Waals surface area contributed by atoms with E-state index in [1.54, 1.807) is 7.11 Å². The van der Waals surface area contributed by atoms with Crippen molar-refractivity contribution < 1.29 is 9.47 Å². The van der Waals surface area contributed by atoms with E-state index in [0.29, 0.717) is 6.04 Å². The molecule has 2 rings (SSSR count). The largest absolute Gasteiger partial charge is 0.355 e. The summed E-state index contributed by atoms with van der Waals surface area (Å²) in [6.45, 7) is 3.01. The molecule has 1 aromatic carbocycles. The van der Waals surface area contributed by atoms with Crippen molar-refractivity contribution in [1.82, 2.24) is 4.90 Å². The van der Waals surface area contributed by atoms with Crippen LogP contribution in [0.3, 0.4) is 0 Å². The van der Waals surface area contributed by atoms with Gasteiger partial charge >= 0.3 is 0 Å². The molecule has 0 amide bonds. The number of azide groups is 1. The van der Waals surface area contributed by atoms with Gasteiger partial charge in [-0.1, -0.05) is 35.4 Å². The van der Waals surface area contributed by atoms with Crippen LogP contribution in [0.15, 0.2) is 35.4 Å². The molecule has 1 aliphatic rings. The Bertz CT molecular complexity index is 504. The first-order chi connectivity index (χ1) is 10.7. The van der Waals surface area contributed by atoms with Crippen molar-refractivity contribution in [2.75, 3.05) is 20.7 Å². The van der Waals surface area contributed by atoms with Gasteiger partial charge in [-0.3, -0.25) is 4.90 Å². The first-order valence-corrected chi connectivity index (χ1v) is 7.63. The highest BCUT2D eigenvalue weighted by Crippen LogP contribution is 2.26. The topological polar surface area (TPSA) is 70.5 Å². The van der Waals surface area contributed by atoms with E-state index in [2.05, 4.69) is 53.2 Å². The van der Waals surface area contributed by atoms with Gasteiger partial charge in [-0.15, -0.1) is 0 Å². The van der Waals surface area contributed by atoms with E-state index in [1.165, 1.54) is 5.56 Å². The Morgan fingerprint density at radius 3 is 2.77 bits per heavy atom. The monoisotopic (exact) mass is 304 g/mol. The molecule has 22 heavy (non-hydrogen) atoms. The van der Waals surface area contributed by atoms with Crippen molar-refractivity contribution in [2.45, 2.75) is 44.2 Å².